The quantitative estimate of drug-likeness (QED) is 0.339. The molecule has 0 bridgehead atoms. The number of amides is 1. The van der Waals surface area contributed by atoms with E-state index in [4.69, 9.17) is 12.6 Å². The number of carbonyl (C=O) groups excluding carboxylic acids is 3. The largest absolute Gasteiger partial charge is 0.736 e. The molecule has 0 aromatic heterocycles. The maximum atomic E-state index is 14.0. The Bertz CT molecular complexity index is 961. The fraction of sp³-hybridized carbons (Fsp3) is 0.464. The van der Waals surface area contributed by atoms with Gasteiger partial charge in [0.25, 0.3) is 5.78 Å². The summed E-state index contributed by atoms with van der Waals surface area (Å²) in [5.41, 5.74) is 1.22. The van der Waals surface area contributed by atoms with E-state index < -0.39 is 22.5 Å². The molecule has 1 aliphatic carbocycles. The molecule has 1 unspecified atom stereocenters. The van der Waals surface area contributed by atoms with Crippen molar-refractivity contribution in [3.05, 3.63) is 71.8 Å². The van der Waals surface area contributed by atoms with E-state index in [1.54, 1.807) is 0 Å². The van der Waals surface area contributed by atoms with Gasteiger partial charge >= 0.3 is 5.91 Å². The van der Waals surface area contributed by atoms with E-state index in [9.17, 15) is 14.4 Å². The number of likely N-dealkylation sites (tertiary alicyclic amines) is 1. The number of quaternary nitrogens is 1. The van der Waals surface area contributed by atoms with E-state index in [0.29, 0.717) is 25.9 Å². The summed E-state index contributed by atoms with van der Waals surface area (Å²) in [6, 6.07) is 19.1. The van der Waals surface area contributed by atoms with Crippen LogP contribution < -0.4 is 0 Å². The third-order valence-corrected chi connectivity index (χ3v) is 8.10. The van der Waals surface area contributed by atoms with Gasteiger partial charge in [-0.3, -0.25) is 4.79 Å². The van der Waals surface area contributed by atoms with Crippen LogP contribution in [0.3, 0.4) is 0 Å². The van der Waals surface area contributed by atoms with Crippen LogP contribution in [-0.4, -0.2) is 40.4 Å². The summed E-state index contributed by atoms with van der Waals surface area (Å²) < 4.78 is -0.141. The third kappa shape index (κ3) is 4.06. The lowest BCUT2D eigenvalue weighted by atomic mass is 9.69. The fourth-order valence-corrected chi connectivity index (χ4v) is 6.83. The average Bonchev–Trinajstić information content (AvgIpc) is 3.22. The number of benzene rings is 2. The second kappa shape index (κ2) is 9.86. The molecule has 2 aromatic rings. The van der Waals surface area contributed by atoms with Crippen LogP contribution in [0.5, 0.6) is 0 Å². The normalized spacial score (nSPS) is 24.9. The van der Waals surface area contributed by atoms with Crippen molar-refractivity contribution in [2.24, 2.45) is 5.92 Å². The van der Waals surface area contributed by atoms with Crippen LogP contribution in [0.25, 0.3) is 0 Å². The number of hydrogen-bond acceptors (Lipinski definition) is 4. The van der Waals surface area contributed by atoms with Gasteiger partial charge in [-0.15, -0.1) is 0 Å². The van der Waals surface area contributed by atoms with Gasteiger partial charge in [-0.25, -0.2) is 9.28 Å². The topological polar surface area (TPSA) is 51.2 Å². The van der Waals surface area contributed by atoms with E-state index in [2.05, 4.69) is 0 Å². The summed E-state index contributed by atoms with van der Waals surface area (Å²) in [7, 11) is 0. The zero-order valence-electron chi connectivity index (χ0n) is 19.4. The average molecular weight is 464 g/mol. The maximum Gasteiger partial charge on any atom is 0.382 e. The van der Waals surface area contributed by atoms with Crippen LogP contribution in [-0.2, 0) is 32.4 Å². The minimum atomic E-state index is -0.794. The van der Waals surface area contributed by atoms with Crippen LogP contribution in [0.4, 0.5) is 0 Å². The molecule has 0 spiro atoms. The monoisotopic (exact) mass is 463 g/mol. The van der Waals surface area contributed by atoms with Gasteiger partial charge < -0.3 is 17.4 Å². The first-order valence-electron chi connectivity index (χ1n) is 12.2. The first kappa shape index (κ1) is 23.8. The van der Waals surface area contributed by atoms with Gasteiger partial charge in [-0.05, 0) is 30.4 Å². The molecule has 33 heavy (non-hydrogen) atoms. The molecular weight excluding hydrogens is 430 g/mol. The Balaban J connectivity index is 1.88. The third-order valence-electron chi connectivity index (χ3n) is 7.88. The van der Waals surface area contributed by atoms with Crippen molar-refractivity contribution in [2.45, 2.75) is 63.3 Å². The van der Waals surface area contributed by atoms with Gasteiger partial charge in [0.1, 0.15) is 6.04 Å². The summed E-state index contributed by atoms with van der Waals surface area (Å²) in [5, 5.41) is -0.432. The summed E-state index contributed by atoms with van der Waals surface area (Å²) in [6.07, 6.45) is 5.92. The first-order chi connectivity index (χ1) is 16.0. The van der Waals surface area contributed by atoms with E-state index in [0.717, 1.165) is 43.2 Å². The Kier molecular flexibility index (Phi) is 7.10. The molecule has 0 N–H and O–H groups in total. The lowest BCUT2D eigenvalue weighted by molar-refractivity contribution is -0.855. The van der Waals surface area contributed by atoms with E-state index >= 15 is 0 Å². The number of carbonyl (C=O) groups is 3. The Hall–Kier alpha value is -2.37. The van der Waals surface area contributed by atoms with Crippen molar-refractivity contribution < 1.29 is 18.9 Å². The molecule has 1 saturated heterocycles. The highest BCUT2D eigenvalue weighted by Crippen LogP contribution is 2.50. The minimum absolute atomic E-state index is 0.141. The summed E-state index contributed by atoms with van der Waals surface area (Å²) >= 11 is 5.39. The number of nitrogens with zero attached hydrogens (tertiary/aromatic N) is 1. The maximum absolute atomic E-state index is 14.0. The number of rotatable bonds is 7. The standard InChI is InChI=1S/C28H33NO3S/c1-2-19-29(26(31)24(30)21-12-6-3-7-13-21)20-18-28(25(29)27(32)33,22-14-8-4-9-15-22)23-16-10-5-11-17-23/h4-5,8-11,14-17,21,25H,2-3,6-7,12-13,18-20H2,1H3/t25-,29?/m1/s1. The SMILES string of the molecule is CCC[N+]1(C(=O)C(=O)C2CCCCC2)CCC(c2ccccc2)(c2ccccc2)[C@H]1C(=O)[S-]. The first-order valence-corrected chi connectivity index (χ1v) is 12.7. The van der Waals surface area contributed by atoms with Gasteiger partial charge in [-0.2, -0.15) is 0 Å². The molecular formula is C28H33NO3S. The van der Waals surface area contributed by atoms with Crippen molar-refractivity contribution in [1.29, 1.82) is 0 Å². The molecule has 2 fully saturated rings. The van der Waals surface area contributed by atoms with Gasteiger partial charge in [0.05, 0.1) is 23.6 Å². The van der Waals surface area contributed by atoms with Crippen LogP contribution in [0.15, 0.2) is 60.7 Å². The molecule has 0 radical (unpaired) electrons. The molecule has 2 aromatic carbocycles. The molecule has 4 rings (SSSR count). The van der Waals surface area contributed by atoms with Crippen LogP contribution >= 0.6 is 0 Å². The molecule has 5 heteroatoms. The van der Waals surface area contributed by atoms with Gasteiger partial charge in [0.2, 0.25) is 0 Å². The Morgan fingerprint density at radius 2 is 1.45 bits per heavy atom. The molecule has 4 nitrogen and oxygen atoms in total. The van der Waals surface area contributed by atoms with Crippen molar-refractivity contribution in [1.82, 2.24) is 0 Å². The smallest absolute Gasteiger partial charge is 0.382 e. The Labute approximate surface area is 202 Å². The van der Waals surface area contributed by atoms with Crippen LogP contribution in [0, 0.1) is 5.92 Å². The fourth-order valence-electron chi connectivity index (χ4n) is 6.43. The summed E-state index contributed by atoms with van der Waals surface area (Å²) in [5.74, 6) is -0.913. The second-order valence-electron chi connectivity index (χ2n) is 9.66. The minimum Gasteiger partial charge on any atom is -0.736 e. The van der Waals surface area contributed by atoms with E-state index in [1.165, 1.54) is 0 Å². The predicted octanol–water partition coefficient (Wildman–Crippen LogP) is 4.72. The molecule has 1 saturated carbocycles. The molecule has 1 amide bonds. The highest BCUT2D eigenvalue weighted by atomic mass is 32.1. The van der Waals surface area contributed by atoms with Crippen LogP contribution in [0.1, 0.15) is 63.0 Å². The molecule has 2 atom stereocenters. The summed E-state index contributed by atoms with van der Waals surface area (Å²) in [6.45, 7) is 2.90. The number of ketones is 1. The highest BCUT2D eigenvalue weighted by Gasteiger charge is 2.64. The van der Waals surface area contributed by atoms with Gasteiger partial charge in [0, 0.05) is 12.3 Å². The van der Waals surface area contributed by atoms with Gasteiger partial charge in [0.15, 0.2) is 0 Å². The molecule has 1 aliphatic heterocycles. The van der Waals surface area contributed by atoms with Crippen molar-refractivity contribution in [2.75, 3.05) is 13.1 Å². The molecule has 1 heterocycles. The zero-order chi connectivity index (χ0) is 23.5. The summed E-state index contributed by atoms with van der Waals surface area (Å²) in [4.78, 5) is 40.9. The van der Waals surface area contributed by atoms with E-state index in [-0.39, 0.29) is 16.2 Å². The van der Waals surface area contributed by atoms with Crippen LogP contribution in [0.2, 0.25) is 0 Å². The Morgan fingerprint density at radius 1 is 0.909 bits per heavy atom. The van der Waals surface area contributed by atoms with Crippen molar-refractivity contribution in [3.63, 3.8) is 0 Å². The lowest BCUT2D eigenvalue weighted by Crippen LogP contribution is -2.65. The molecule has 2 aliphatic rings. The number of Topliss-reactive ketones (excluding diaryl/α,β-unsaturated/α-hetero) is 1. The second-order valence-corrected chi connectivity index (χ2v) is 10.1. The zero-order valence-corrected chi connectivity index (χ0v) is 20.2. The Morgan fingerprint density at radius 3 is 1.94 bits per heavy atom. The predicted molar refractivity (Wildman–Crippen MR) is 131 cm³/mol. The van der Waals surface area contributed by atoms with E-state index in [1.807, 2.05) is 67.6 Å². The number of hydrogen-bond donors (Lipinski definition) is 0. The molecule has 174 valence electrons. The highest BCUT2D eigenvalue weighted by molar-refractivity contribution is 7.77. The van der Waals surface area contributed by atoms with Gasteiger partial charge in [-0.1, -0.05) is 86.8 Å². The van der Waals surface area contributed by atoms with Crippen molar-refractivity contribution >= 4 is 29.4 Å². The van der Waals surface area contributed by atoms with Crippen molar-refractivity contribution in [3.8, 4) is 0 Å². The lowest BCUT2D eigenvalue weighted by Gasteiger charge is -2.44.